The molecule has 42 heavy (non-hydrogen) atoms. The first kappa shape index (κ1) is 29.5. The number of anilines is 1. The Morgan fingerprint density at radius 3 is 2.64 bits per heavy atom. The number of ether oxygens (including phenoxy) is 2. The van der Waals surface area contributed by atoms with Crippen LogP contribution in [0.15, 0.2) is 48.0 Å². The highest BCUT2D eigenvalue weighted by atomic mass is 35.5. The summed E-state index contributed by atoms with van der Waals surface area (Å²) >= 11 is 6.42. The van der Waals surface area contributed by atoms with E-state index in [1.165, 1.54) is 28.1 Å². The maximum absolute atomic E-state index is 13.4. The molecule has 3 heterocycles. The van der Waals surface area contributed by atoms with E-state index in [4.69, 9.17) is 21.1 Å². The largest absolute Gasteiger partial charge is 0.491 e. The van der Waals surface area contributed by atoms with E-state index < -0.39 is 16.1 Å². The minimum absolute atomic E-state index is 0.0128. The Bertz CT molecular complexity index is 1490. The lowest BCUT2D eigenvalue weighted by Crippen LogP contribution is -2.50. The Labute approximate surface area is 254 Å². The highest BCUT2D eigenvalue weighted by molar-refractivity contribution is 7.87. The minimum Gasteiger partial charge on any atom is -0.491 e. The van der Waals surface area contributed by atoms with Crippen molar-refractivity contribution in [2.24, 2.45) is 17.8 Å². The third-order valence-corrected chi connectivity index (χ3v) is 11.6. The van der Waals surface area contributed by atoms with Crippen molar-refractivity contribution < 1.29 is 22.7 Å². The third-order valence-electron chi connectivity index (χ3n) is 9.82. The summed E-state index contributed by atoms with van der Waals surface area (Å²) in [6.45, 7) is 3.82. The van der Waals surface area contributed by atoms with E-state index in [9.17, 15) is 13.2 Å². The second-order valence-corrected chi connectivity index (χ2v) is 14.4. The van der Waals surface area contributed by atoms with Crippen molar-refractivity contribution in [2.75, 3.05) is 32.2 Å². The average Bonchev–Trinajstić information content (AvgIpc) is 2.95. The summed E-state index contributed by atoms with van der Waals surface area (Å²) < 4.78 is 42.5. The van der Waals surface area contributed by atoms with Gasteiger partial charge < -0.3 is 14.4 Å². The lowest BCUT2D eigenvalue weighted by Gasteiger charge is -2.47. The fourth-order valence-electron chi connectivity index (χ4n) is 6.94. The smallest absolute Gasteiger partial charge is 0.304 e. The van der Waals surface area contributed by atoms with E-state index in [1.807, 2.05) is 13.0 Å². The first-order valence-corrected chi connectivity index (χ1v) is 16.8. The van der Waals surface area contributed by atoms with Crippen molar-refractivity contribution in [3.05, 3.63) is 69.8 Å². The molecule has 0 radical (unpaired) electrons. The molecule has 10 heteroatoms. The number of carbonyl (C=O) groups is 1. The van der Waals surface area contributed by atoms with Crippen molar-refractivity contribution in [3.8, 4) is 5.75 Å². The zero-order valence-electron chi connectivity index (χ0n) is 24.5. The van der Waals surface area contributed by atoms with E-state index in [0.717, 1.165) is 55.8 Å². The van der Waals surface area contributed by atoms with Crippen molar-refractivity contribution in [3.63, 3.8) is 0 Å². The van der Waals surface area contributed by atoms with Crippen molar-refractivity contribution in [1.29, 1.82) is 0 Å². The quantitative estimate of drug-likeness (QED) is 0.436. The van der Waals surface area contributed by atoms with Crippen LogP contribution < -0.4 is 14.4 Å². The summed E-state index contributed by atoms with van der Waals surface area (Å²) in [7, 11) is -0.752. The monoisotopic (exact) mass is 613 g/mol. The van der Waals surface area contributed by atoms with Crippen molar-refractivity contribution in [1.82, 2.24) is 9.03 Å². The van der Waals surface area contributed by atoms with Crippen molar-refractivity contribution >= 4 is 33.4 Å². The predicted octanol–water partition coefficient (Wildman–Crippen LogP) is 5.36. The zero-order chi connectivity index (χ0) is 29.6. The van der Waals surface area contributed by atoms with Crippen LogP contribution in [0.2, 0.25) is 5.02 Å². The molecule has 226 valence electrons. The van der Waals surface area contributed by atoms with Gasteiger partial charge in [0.05, 0.1) is 18.4 Å². The van der Waals surface area contributed by atoms with E-state index in [2.05, 4.69) is 27.8 Å². The molecule has 0 aromatic heterocycles. The number of amides is 1. The first-order chi connectivity index (χ1) is 20.1. The molecule has 0 unspecified atom stereocenters. The van der Waals surface area contributed by atoms with Gasteiger partial charge in [-0.05, 0) is 110 Å². The number of carbonyl (C=O) groups excluding carboxylic acids is 1. The summed E-state index contributed by atoms with van der Waals surface area (Å²) in [5, 5.41) is 0.724. The number of halogens is 1. The van der Waals surface area contributed by atoms with Crippen LogP contribution in [0.5, 0.6) is 5.75 Å². The van der Waals surface area contributed by atoms with E-state index in [0.29, 0.717) is 30.7 Å². The highest BCUT2D eigenvalue weighted by Gasteiger charge is 2.44. The van der Waals surface area contributed by atoms with Crippen molar-refractivity contribution in [2.45, 2.75) is 64.1 Å². The number of hydrogen-bond acceptors (Lipinski definition) is 6. The SMILES string of the molecule is CO[C@@H]1C2=C[C@H](C2)[C@H](C)N(C)S(=O)(=O)NC(=O)c2ccc3c(c2)N(Cc2ccc(Cl)cc2CCCCO3)C[C@@H]2CC[C@H]21. The van der Waals surface area contributed by atoms with E-state index >= 15 is 0 Å². The molecule has 0 saturated heterocycles. The van der Waals surface area contributed by atoms with Crippen LogP contribution in [-0.4, -0.2) is 58.1 Å². The second kappa shape index (κ2) is 11.8. The Morgan fingerprint density at radius 2 is 1.90 bits per heavy atom. The molecule has 3 aliphatic heterocycles. The van der Waals surface area contributed by atoms with Gasteiger partial charge >= 0.3 is 10.2 Å². The van der Waals surface area contributed by atoms with Crippen LogP contribution in [0.4, 0.5) is 5.69 Å². The number of fused-ring (bicyclic) bond motifs is 5. The topological polar surface area (TPSA) is 88.2 Å². The lowest BCUT2D eigenvalue weighted by atomic mass is 9.65. The standard InChI is InChI=1S/C32H40ClN3O5S/c1-20-25-14-26(15-25)31(40-3)28-11-8-24(28)19-36-18-23-7-10-27(33)16-21(23)6-4-5-13-41-30-12-9-22(17-29(30)36)32(37)34-42(38,39)35(20)2/h7,9-10,12,14,16-17,20,24-25,28,31H,4-6,8,11,13,15,18-19H2,1-3H3,(H,34,37)/t20-,24-,25+,28+,31+/m0/s1. The number of nitrogens with one attached hydrogen (secondary N) is 1. The highest BCUT2D eigenvalue weighted by Crippen LogP contribution is 2.46. The Balaban J connectivity index is 1.45. The Morgan fingerprint density at radius 1 is 1.10 bits per heavy atom. The molecule has 2 aromatic carbocycles. The van der Waals surface area contributed by atoms with Crippen LogP contribution in [-0.2, 0) is 27.9 Å². The second-order valence-electron chi connectivity index (χ2n) is 12.2. The van der Waals surface area contributed by atoms with Crippen LogP contribution in [0.25, 0.3) is 0 Å². The molecule has 7 rings (SSSR count). The molecule has 1 amide bonds. The molecule has 0 spiro atoms. The molecular weight excluding hydrogens is 574 g/mol. The maximum atomic E-state index is 13.4. The van der Waals surface area contributed by atoms with Crippen LogP contribution in [0.1, 0.15) is 60.5 Å². The van der Waals surface area contributed by atoms with Gasteiger partial charge in [-0.3, -0.25) is 4.79 Å². The number of methoxy groups -OCH3 is 1. The number of aryl methyl sites for hydroxylation is 1. The summed E-state index contributed by atoms with van der Waals surface area (Å²) in [6.07, 6.45) is 7.92. The van der Waals surface area contributed by atoms with Gasteiger partial charge in [0.2, 0.25) is 0 Å². The van der Waals surface area contributed by atoms with E-state index in [-0.39, 0.29) is 23.6 Å². The first-order valence-electron chi connectivity index (χ1n) is 15.0. The van der Waals surface area contributed by atoms with Gasteiger partial charge in [0, 0.05) is 43.9 Å². The van der Waals surface area contributed by atoms with Gasteiger partial charge in [-0.2, -0.15) is 12.7 Å². The van der Waals surface area contributed by atoms with Crippen LogP contribution >= 0.6 is 11.6 Å². The predicted molar refractivity (Wildman–Crippen MR) is 164 cm³/mol. The fourth-order valence-corrected chi connectivity index (χ4v) is 8.22. The van der Waals surface area contributed by atoms with Gasteiger partial charge in [0.1, 0.15) is 5.75 Å². The summed E-state index contributed by atoms with van der Waals surface area (Å²) in [5.41, 5.74) is 4.73. The summed E-state index contributed by atoms with van der Waals surface area (Å²) in [4.78, 5) is 15.7. The molecule has 1 fully saturated rings. The molecule has 2 aromatic rings. The van der Waals surface area contributed by atoms with Crippen LogP contribution in [0.3, 0.4) is 0 Å². The zero-order valence-corrected chi connectivity index (χ0v) is 26.1. The van der Waals surface area contributed by atoms with Gasteiger partial charge in [0.15, 0.2) is 0 Å². The number of rotatable bonds is 1. The minimum atomic E-state index is -4.06. The molecule has 2 aliphatic carbocycles. The number of benzene rings is 2. The molecule has 1 saturated carbocycles. The molecule has 1 N–H and O–H groups in total. The third kappa shape index (κ3) is 5.68. The molecule has 4 bridgehead atoms. The van der Waals surface area contributed by atoms with E-state index in [1.54, 1.807) is 25.3 Å². The van der Waals surface area contributed by atoms with Gasteiger partial charge in [-0.1, -0.05) is 23.7 Å². The van der Waals surface area contributed by atoms with Crippen LogP contribution in [0, 0.1) is 17.8 Å². The number of hydrogen-bond donors (Lipinski definition) is 1. The fraction of sp³-hybridized carbons (Fsp3) is 0.531. The average molecular weight is 614 g/mol. The lowest BCUT2D eigenvalue weighted by molar-refractivity contribution is -0.000350. The maximum Gasteiger partial charge on any atom is 0.304 e. The molecule has 5 atom stereocenters. The Kier molecular flexibility index (Phi) is 8.30. The van der Waals surface area contributed by atoms with Gasteiger partial charge in [-0.15, -0.1) is 0 Å². The van der Waals surface area contributed by atoms with Gasteiger partial charge in [-0.25, -0.2) is 4.72 Å². The molecule has 5 aliphatic rings. The summed E-state index contributed by atoms with van der Waals surface area (Å²) in [5.74, 6) is 0.872. The number of nitrogens with zero attached hydrogens (tertiary/aromatic N) is 2. The summed E-state index contributed by atoms with van der Waals surface area (Å²) in [6, 6.07) is 11.0. The Hall–Kier alpha value is -2.59. The van der Waals surface area contributed by atoms with Gasteiger partial charge in [0.25, 0.3) is 5.91 Å². The molecular formula is C32H40ClN3O5S. The normalized spacial score (nSPS) is 29.7. The molecule has 8 nitrogen and oxygen atoms in total.